The van der Waals surface area contributed by atoms with Crippen molar-refractivity contribution in [3.05, 3.63) is 41.0 Å². The number of hydrogen-bond acceptors (Lipinski definition) is 4. The SMILES string of the molecule is COc1cc2c(c(OC)c1OC)-c1ccc(C)cc1C2CCN. The second-order valence-electron chi connectivity index (χ2n) is 5.83. The van der Waals surface area contributed by atoms with Crippen LogP contribution in [0.4, 0.5) is 0 Å². The van der Waals surface area contributed by atoms with Gasteiger partial charge < -0.3 is 19.9 Å². The van der Waals surface area contributed by atoms with Crippen LogP contribution in [0.15, 0.2) is 24.3 Å². The molecule has 0 radical (unpaired) electrons. The Morgan fingerprint density at radius 1 is 0.957 bits per heavy atom. The molecule has 0 bridgehead atoms. The lowest BCUT2D eigenvalue weighted by atomic mass is 9.92. The topological polar surface area (TPSA) is 53.7 Å². The first-order chi connectivity index (χ1) is 11.2. The van der Waals surface area contributed by atoms with E-state index in [4.69, 9.17) is 19.9 Å². The Morgan fingerprint density at radius 2 is 1.70 bits per heavy atom. The van der Waals surface area contributed by atoms with E-state index in [0.717, 1.165) is 17.7 Å². The van der Waals surface area contributed by atoms with Gasteiger partial charge in [0, 0.05) is 11.5 Å². The molecule has 1 atom stereocenters. The molecule has 0 spiro atoms. The summed E-state index contributed by atoms with van der Waals surface area (Å²) in [6, 6.07) is 8.60. The fourth-order valence-corrected chi connectivity index (χ4v) is 3.57. The van der Waals surface area contributed by atoms with Crippen LogP contribution in [-0.4, -0.2) is 27.9 Å². The lowest BCUT2D eigenvalue weighted by Gasteiger charge is -2.18. The summed E-state index contributed by atoms with van der Waals surface area (Å²) in [7, 11) is 4.95. The second kappa shape index (κ2) is 6.13. The zero-order valence-electron chi connectivity index (χ0n) is 14.1. The summed E-state index contributed by atoms with van der Waals surface area (Å²) in [6.45, 7) is 2.75. The van der Waals surface area contributed by atoms with Gasteiger partial charge in [0.25, 0.3) is 0 Å². The molecule has 23 heavy (non-hydrogen) atoms. The third-order valence-corrected chi connectivity index (χ3v) is 4.54. The maximum Gasteiger partial charge on any atom is 0.203 e. The van der Waals surface area contributed by atoms with Crippen molar-refractivity contribution >= 4 is 0 Å². The minimum absolute atomic E-state index is 0.263. The van der Waals surface area contributed by atoms with Crippen molar-refractivity contribution in [3.63, 3.8) is 0 Å². The van der Waals surface area contributed by atoms with Crippen molar-refractivity contribution in [1.29, 1.82) is 0 Å². The first-order valence-electron chi connectivity index (χ1n) is 7.80. The first-order valence-corrected chi connectivity index (χ1v) is 7.80. The van der Waals surface area contributed by atoms with Crippen LogP contribution in [0.5, 0.6) is 17.2 Å². The molecule has 0 aromatic heterocycles. The Balaban J connectivity index is 2.34. The number of nitrogens with two attached hydrogens (primary N) is 1. The molecule has 2 N–H and O–H groups in total. The number of aryl methyl sites for hydroxylation is 1. The van der Waals surface area contributed by atoms with Crippen LogP contribution in [0.25, 0.3) is 11.1 Å². The Bertz CT molecular complexity index is 740. The molecular formula is C19H23NO3. The van der Waals surface area contributed by atoms with Gasteiger partial charge in [0.15, 0.2) is 11.5 Å². The van der Waals surface area contributed by atoms with Crippen molar-refractivity contribution in [3.8, 4) is 28.4 Å². The van der Waals surface area contributed by atoms with Crippen LogP contribution in [0.1, 0.15) is 29.0 Å². The van der Waals surface area contributed by atoms with E-state index in [1.807, 2.05) is 0 Å². The summed E-state index contributed by atoms with van der Waals surface area (Å²) in [5, 5.41) is 0. The molecule has 0 heterocycles. The normalized spacial score (nSPS) is 15.1. The van der Waals surface area contributed by atoms with Gasteiger partial charge in [0.1, 0.15) is 0 Å². The van der Waals surface area contributed by atoms with Crippen LogP contribution >= 0.6 is 0 Å². The van der Waals surface area contributed by atoms with E-state index < -0.39 is 0 Å². The summed E-state index contributed by atoms with van der Waals surface area (Å²) < 4.78 is 16.8. The summed E-state index contributed by atoms with van der Waals surface area (Å²) in [6.07, 6.45) is 0.891. The third-order valence-electron chi connectivity index (χ3n) is 4.54. The maximum absolute atomic E-state index is 5.87. The van der Waals surface area contributed by atoms with Gasteiger partial charge in [-0.15, -0.1) is 0 Å². The van der Waals surface area contributed by atoms with Crippen molar-refractivity contribution in [2.24, 2.45) is 5.73 Å². The lowest BCUT2D eigenvalue weighted by Crippen LogP contribution is -2.07. The summed E-state index contributed by atoms with van der Waals surface area (Å²) in [5.41, 5.74) is 11.9. The molecule has 0 amide bonds. The summed E-state index contributed by atoms with van der Waals surface area (Å²) in [4.78, 5) is 0. The van der Waals surface area contributed by atoms with Gasteiger partial charge in [-0.05, 0) is 42.6 Å². The van der Waals surface area contributed by atoms with Crippen LogP contribution in [0.3, 0.4) is 0 Å². The molecule has 1 aliphatic carbocycles. The van der Waals surface area contributed by atoms with Gasteiger partial charge in [-0.1, -0.05) is 23.8 Å². The number of ether oxygens (including phenoxy) is 3. The van der Waals surface area contributed by atoms with E-state index in [1.54, 1.807) is 21.3 Å². The minimum atomic E-state index is 0.263. The van der Waals surface area contributed by atoms with Gasteiger partial charge in [0.05, 0.1) is 21.3 Å². The predicted octanol–water partition coefficient (Wildman–Crippen LogP) is 3.48. The highest BCUT2D eigenvalue weighted by molar-refractivity contribution is 5.87. The molecule has 122 valence electrons. The fraction of sp³-hybridized carbons (Fsp3) is 0.368. The third kappa shape index (κ3) is 2.34. The van der Waals surface area contributed by atoms with E-state index in [1.165, 1.54) is 22.3 Å². The largest absolute Gasteiger partial charge is 0.493 e. The van der Waals surface area contributed by atoms with E-state index in [2.05, 4.69) is 31.2 Å². The lowest BCUT2D eigenvalue weighted by molar-refractivity contribution is 0.324. The molecule has 1 aliphatic rings. The Kier molecular flexibility index (Phi) is 4.18. The van der Waals surface area contributed by atoms with Gasteiger partial charge in [-0.25, -0.2) is 0 Å². The zero-order chi connectivity index (χ0) is 16.6. The highest BCUT2D eigenvalue weighted by Crippen LogP contribution is 2.56. The molecule has 0 fully saturated rings. The first kappa shape index (κ1) is 15.7. The predicted molar refractivity (Wildman–Crippen MR) is 91.8 cm³/mol. The van der Waals surface area contributed by atoms with Crippen LogP contribution in [0.2, 0.25) is 0 Å². The van der Waals surface area contributed by atoms with Gasteiger partial charge >= 0.3 is 0 Å². The molecule has 2 aromatic carbocycles. The fourth-order valence-electron chi connectivity index (χ4n) is 3.57. The molecule has 3 rings (SSSR count). The van der Waals surface area contributed by atoms with Gasteiger partial charge in [0.2, 0.25) is 5.75 Å². The number of fused-ring (bicyclic) bond motifs is 3. The Labute approximate surface area is 137 Å². The minimum Gasteiger partial charge on any atom is -0.493 e. The van der Waals surface area contributed by atoms with Crippen LogP contribution in [-0.2, 0) is 0 Å². The summed E-state index contributed by atoms with van der Waals surface area (Å²) in [5.74, 6) is 2.31. The molecule has 0 aliphatic heterocycles. The molecule has 1 unspecified atom stereocenters. The van der Waals surface area contributed by atoms with Crippen molar-refractivity contribution in [1.82, 2.24) is 0 Å². The summed E-state index contributed by atoms with van der Waals surface area (Å²) >= 11 is 0. The Hall–Kier alpha value is -2.20. The maximum atomic E-state index is 5.87. The monoisotopic (exact) mass is 313 g/mol. The number of benzene rings is 2. The highest BCUT2D eigenvalue weighted by atomic mass is 16.5. The van der Waals surface area contributed by atoms with Gasteiger partial charge in [-0.3, -0.25) is 0 Å². The molecule has 4 nitrogen and oxygen atoms in total. The second-order valence-corrected chi connectivity index (χ2v) is 5.83. The van der Waals surface area contributed by atoms with Gasteiger partial charge in [-0.2, -0.15) is 0 Å². The van der Waals surface area contributed by atoms with Crippen LogP contribution in [0, 0.1) is 6.92 Å². The van der Waals surface area contributed by atoms with E-state index >= 15 is 0 Å². The van der Waals surface area contributed by atoms with Crippen molar-refractivity contribution in [2.75, 3.05) is 27.9 Å². The molecule has 2 aromatic rings. The number of rotatable bonds is 5. The molecular weight excluding hydrogens is 290 g/mol. The standard InChI is InChI=1S/C19H23NO3/c1-11-5-6-13-14(9-11)12(7-8-20)15-10-16(21-2)18(22-3)19(23-4)17(13)15/h5-6,9-10,12H,7-8,20H2,1-4H3. The smallest absolute Gasteiger partial charge is 0.203 e. The van der Waals surface area contributed by atoms with Crippen molar-refractivity contribution in [2.45, 2.75) is 19.3 Å². The highest BCUT2D eigenvalue weighted by Gasteiger charge is 2.34. The zero-order valence-corrected chi connectivity index (χ0v) is 14.1. The number of hydrogen-bond donors (Lipinski definition) is 1. The average Bonchev–Trinajstić information content (AvgIpc) is 2.86. The molecule has 0 saturated carbocycles. The molecule has 0 saturated heterocycles. The van der Waals surface area contributed by atoms with Crippen LogP contribution < -0.4 is 19.9 Å². The quantitative estimate of drug-likeness (QED) is 0.918. The van der Waals surface area contributed by atoms with E-state index in [-0.39, 0.29) is 5.92 Å². The Morgan fingerprint density at radius 3 is 2.30 bits per heavy atom. The molecule has 4 heteroatoms. The average molecular weight is 313 g/mol. The number of methoxy groups -OCH3 is 3. The van der Waals surface area contributed by atoms with E-state index in [0.29, 0.717) is 18.0 Å². The van der Waals surface area contributed by atoms with E-state index in [9.17, 15) is 0 Å². The van der Waals surface area contributed by atoms with Crippen molar-refractivity contribution < 1.29 is 14.2 Å².